The quantitative estimate of drug-likeness (QED) is 0.809. The highest BCUT2D eigenvalue weighted by Gasteiger charge is 2.19. The maximum atomic E-state index is 12.0. The number of carbonyl (C=O) groups excluding carboxylic acids is 2. The number of hydrogen-bond acceptors (Lipinski definition) is 6. The van der Waals surface area contributed by atoms with Crippen LogP contribution in [0, 0.1) is 0 Å². The van der Waals surface area contributed by atoms with Gasteiger partial charge in [-0.25, -0.2) is 9.78 Å². The lowest BCUT2D eigenvalue weighted by molar-refractivity contribution is -0.129. The van der Waals surface area contributed by atoms with E-state index in [4.69, 9.17) is 9.47 Å². The second-order valence-electron chi connectivity index (χ2n) is 4.70. The molecule has 23 heavy (non-hydrogen) atoms. The fraction of sp³-hybridized carbons (Fsp3) is 0.250. The minimum absolute atomic E-state index is 0.0577. The Morgan fingerprint density at radius 2 is 1.96 bits per heavy atom. The highest BCUT2D eigenvalue weighted by atomic mass is 16.5. The van der Waals surface area contributed by atoms with E-state index in [1.807, 2.05) is 12.1 Å². The predicted octanol–water partition coefficient (Wildman–Crippen LogP) is 1.35. The Bertz CT molecular complexity index is 659. The van der Waals surface area contributed by atoms with Crippen molar-refractivity contribution in [2.75, 3.05) is 7.11 Å². The number of ether oxygens (including phenoxy) is 2. The number of amides is 1. The molecule has 0 spiro atoms. The molecule has 1 amide bonds. The number of esters is 1. The normalized spacial score (nSPS) is 11.4. The fourth-order valence-corrected chi connectivity index (χ4v) is 1.76. The standard InChI is InChI=1S/C16H17N3O4/c1-11(23-16(21)14-10-17-7-8-18-14)15(20)19-9-12-3-5-13(22-2)6-4-12/h3-8,10-11H,9H2,1-2H3,(H,19,20)/t11-/m1/s1. The van der Waals surface area contributed by atoms with E-state index >= 15 is 0 Å². The van der Waals surface area contributed by atoms with E-state index in [2.05, 4.69) is 15.3 Å². The summed E-state index contributed by atoms with van der Waals surface area (Å²) in [4.78, 5) is 31.3. The van der Waals surface area contributed by atoms with Crippen molar-refractivity contribution in [1.82, 2.24) is 15.3 Å². The van der Waals surface area contributed by atoms with Gasteiger partial charge in [0.2, 0.25) is 0 Å². The van der Waals surface area contributed by atoms with Gasteiger partial charge in [0.25, 0.3) is 5.91 Å². The zero-order valence-electron chi connectivity index (χ0n) is 12.9. The maximum Gasteiger partial charge on any atom is 0.359 e. The minimum atomic E-state index is -0.928. The number of rotatable bonds is 6. The van der Waals surface area contributed by atoms with Crippen LogP contribution in [0.5, 0.6) is 5.75 Å². The fourth-order valence-electron chi connectivity index (χ4n) is 1.76. The molecule has 0 saturated carbocycles. The Balaban J connectivity index is 1.83. The van der Waals surface area contributed by atoms with Crippen molar-refractivity contribution in [1.29, 1.82) is 0 Å². The second kappa shape index (κ2) is 7.88. The zero-order chi connectivity index (χ0) is 16.7. The lowest BCUT2D eigenvalue weighted by Gasteiger charge is -2.13. The molecular weight excluding hydrogens is 298 g/mol. The Labute approximate surface area is 133 Å². The summed E-state index contributed by atoms with van der Waals surface area (Å²) in [5.74, 6) is -0.338. The highest BCUT2D eigenvalue weighted by Crippen LogP contribution is 2.11. The number of methoxy groups -OCH3 is 1. The van der Waals surface area contributed by atoms with Crippen LogP contribution in [0.15, 0.2) is 42.9 Å². The first-order chi connectivity index (χ1) is 11.1. The molecule has 1 heterocycles. The van der Waals surface area contributed by atoms with Crippen LogP contribution in [0.1, 0.15) is 23.0 Å². The number of nitrogens with one attached hydrogen (secondary N) is 1. The van der Waals surface area contributed by atoms with Gasteiger partial charge < -0.3 is 14.8 Å². The van der Waals surface area contributed by atoms with E-state index < -0.39 is 18.0 Å². The number of nitrogens with zero attached hydrogens (tertiary/aromatic N) is 2. The van der Waals surface area contributed by atoms with Crippen molar-refractivity contribution >= 4 is 11.9 Å². The largest absolute Gasteiger partial charge is 0.497 e. The summed E-state index contributed by atoms with van der Waals surface area (Å²) in [5.41, 5.74) is 0.967. The van der Waals surface area contributed by atoms with Gasteiger partial charge >= 0.3 is 5.97 Å². The van der Waals surface area contributed by atoms with Crippen LogP contribution < -0.4 is 10.1 Å². The number of carbonyl (C=O) groups is 2. The van der Waals surface area contributed by atoms with Crippen molar-refractivity contribution < 1.29 is 19.1 Å². The second-order valence-corrected chi connectivity index (χ2v) is 4.70. The molecule has 2 aromatic rings. The Kier molecular flexibility index (Phi) is 5.62. The van der Waals surface area contributed by atoms with E-state index in [1.54, 1.807) is 19.2 Å². The van der Waals surface area contributed by atoms with Gasteiger partial charge in [-0.2, -0.15) is 0 Å². The molecule has 0 unspecified atom stereocenters. The molecule has 0 bridgehead atoms. The van der Waals surface area contributed by atoms with Gasteiger partial charge in [-0.3, -0.25) is 9.78 Å². The monoisotopic (exact) mass is 315 g/mol. The molecule has 0 saturated heterocycles. The molecule has 2 rings (SSSR count). The summed E-state index contributed by atoms with van der Waals surface area (Å²) in [6.07, 6.45) is 3.18. The van der Waals surface area contributed by atoms with E-state index in [-0.39, 0.29) is 5.69 Å². The van der Waals surface area contributed by atoms with E-state index in [9.17, 15) is 9.59 Å². The molecule has 0 aliphatic heterocycles. The van der Waals surface area contributed by atoms with Crippen molar-refractivity contribution in [3.05, 3.63) is 54.1 Å². The molecule has 0 radical (unpaired) electrons. The van der Waals surface area contributed by atoms with Crippen molar-refractivity contribution in [2.45, 2.75) is 19.6 Å². The van der Waals surface area contributed by atoms with E-state index in [1.165, 1.54) is 25.5 Å². The van der Waals surface area contributed by atoms with Gasteiger partial charge in [-0.05, 0) is 24.6 Å². The zero-order valence-corrected chi connectivity index (χ0v) is 12.9. The van der Waals surface area contributed by atoms with Gasteiger partial charge in [0.05, 0.1) is 13.3 Å². The van der Waals surface area contributed by atoms with Crippen LogP contribution in [-0.2, 0) is 16.1 Å². The third-order valence-electron chi connectivity index (χ3n) is 3.05. The summed E-state index contributed by atoms with van der Waals surface area (Å²) in [6.45, 7) is 1.83. The average Bonchev–Trinajstić information content (AvgIpc) is 2.60. The van der Waals surface area contributed by atoms with Gasteiger partial charge in [-0.15, -0.1) is 0 Å². The number of aromatic nitrogens is 2. The SMILES string of the molecule is COc1ccc(CNC(=O)[C@@H](C)OC(=O)c2cnccn2)cc1. The molecule has 1 aromatic heterocycles. The van der Waals surface area contributed by atoms with Crippen LogP contribution in [0.2, 0.25) is 0 Å². The molecule has 1 N–H and O–H groups in total. The molecule has 1 aromatic carbocycles. The number of benzene rings is 1. The Hall–Kier alpha value is -2.96. The third-order valence-corrected chi connectivity index (χ3v) is 3.05. The summed E-state index contributed by atoms with van der Waals surface area (Å²) >= 11 is 0. The first-order valence-electron chi connectivity index (χ1n) is 6.98. The van der Waals surface area contributed by atoms with Crippen LogP contribution in [0.4, 0.5) is 0 Å². The highest BCUT2D eigenvalue weighted by molar-refractivity contribution is 5.90. The first-order valence-corrected chi connectivity index (χ1v) is 6.98. The Morgan fingerprint density at radius 1 is 1.22 bits per heavy atom. The lowest BCUT2D eigenvalue weighted by atomic mass is 10.2. The molecule has 120 valence electrons. The van der Waals surface area contributed by atoms with Gasteiger partial charge in [0.15, 0.2) is 11.8 Å². The first kappa shape index (κ1) is 16.4. The van der Waals surface area contributed by atoms with Gasteiger partial charge in [0.1, 0.15) is 5.75 Å². The van der Waals surface area contributed by atoms with Gasteiger partial charge in [0, 0.05) is 18.9 Å². The average molecular weight is 315 g/mol. The summed E-state index contributed by atoms with van der Waals surface area (Å²) < 4.78 is 10.1. The molecule has 0 fully saturated rings. The summed E-state index contributed by atoms with van der Waals surface area (Å²) in [5, 5.41) is 2.70. The third kappa shape index (κ3) is 4.77. The molecule has 0 aliphatic rings. The predicted molar refractivity (Wildman–Crippen MR) is 81.8 cm³/mol. The van der Waals surface area contributed by atoms with Crippen molar-refractivity contribution in [3.8, 4) is 5.75 Å². The summed E-state index contributed by atoms with van der Waals surface area (Å²) in [6, 6.07) is 7.29. The van der Waals surface area contributed by atoms with E-state index in [0.717, 1.165) is 11.3 Å². The minimum Gasteiger partial charge on any atom is -0.497 e. The van der Waals surface area contributed by atoms with Crippen LogP contribution >= 0.6 is 0 Å². The van der Waals surface area contributed by atoms with Crippen LogP contribution in [-0.4, -0.2) is 35.1 Å². The molecule has 7 heteroatoms. The smallest absolute Gasteiger partial charge is 0.359 e. The Morgan fingerprint density at radius 3 is 2.57 bits per heavy atom. The van der Waals surface area contributed by atoms with Crippen molar-refractivity contribution in [3.63, 3.8) is 0 Å². The molecule has 0 aliphatic carbocycles. The van der Waals surface area contributed by atoms with Gasteiger partial charge in [-0.1, -0.05) is 12.1 Å². The molecular formula is C16H17N3O4. The maximum absolute atomic E-state index is 12.0. The molecule has 1 atom stereocenters. The lowest BCUT2D eigenvalue weighted by Crippen LogP contribution is -2.35. The topological polar surface area (TPSA) is 90.4 Å². The van der Waals surface area contributed by atoms with Crippen LogP contribution in [0.3, 0.4) is 0 Å². The number of hydrogen-bond donors (Lipinski definition) is 1. The van der Waals surface area contributed by atoms with Crippen LogP contribution in [0.25, 0.3) is 0 Å². The summed E-state index contributed by atoms with van der Waals surface area (Å²) in [7, 11) is 1.59. The molecule has 7 nitrogen and oxygen atoms in total. The van der Waals surface area contributed by atoms with E-state index in [0.29, 0.717) is 6.54 Å². The van der Waals surface area contributed by atoms with Crippen molar-refractivity contribution in [2.24, 2.45) is 0 Å².